The van der Waals surface area contributed by atoms with Gasteiger partial charge in [-0.15, -0.1) is 0 Å². The fourth-order valence-electron chi connectivity index (χ4n) is 6.75. The Morgan fingerprint density at radius 3 is 2.12 bits per heavy atom. The molecular weight excluding hydrogens is 495 g/mol. The molecule has 6 aliphatic rings. The zero-order valence-electron chi connectivity index (χ0n) is 18.1. The summed E-state index contributed by atoms with van der Waals surface area (Å²) < 4.78 is 87.3. The molecule has 34 heavy (non-hydrogen) atoms. The van der Waals surface area contributed by atoms with Crippen LogP contribution < -0.4 is 4.72 Å². The van der Waals surface area contributed by atoms with Crippen LogP contribution in [0, 0.1) is 11.3 Å². The van der Waals surface area contributed by atoms with Crippen molar-refractivity contribution in [2.45, 2.75) is 47.0 Å². The van der Waals surface area contributed by atoms with Gasteiger partial charge in [0.05, 0.1) is 16.2 Å². The summed E-state index contributed by atoms with van der Waals surface area (Å²) in [5, 5.41) is 0. The van der Waals surface area contributed by atoms with E-state index in [2.05, 4.69) is 4.72 Å². The van der Waals surface area contributed by atoms with Crippen LogP contribution >= 0.6 is 0 Å². The maximum atomic E-state index is 12.7. The van der Waals surface area contributed by atoms with Crippen LogP contribution in [0.25, 0.3) is 0 Å². The molecule has 3 saturated heterocycles. The van der Waals surface area contributed by atoms with E-state index in [1.807, 2.05) is 0 Å². The van der Waals surface area contributed by atoms with E-state index >= 15 is 0 Å². The molecule has 1 spiro atoms. The molecule has 8 nitrogen and oxygen atoms in total. The van der Waals surface area contributed by atoms with Crippen molar-refractivity contribution in [2.24, 2.45) is 11.3 Å². The molecule has 6 fully saturated rings. The molecule has 2 bridgehead atoms. The Morgan fingerprint density at radius 2 is 1.62 bits per heavy atom. The van der Waals surface area contributed by atoms with E-state index in [0.717, 1.165) is 37.0 Å². The Labute approximate surface area is 195 Å². The van der Waals surface area contributed by atoms with E-state index in [0.29, 0.717) is 38.5 Å². The van der Waals surface area contributed by atoms with Crippen LogP contribution in [0.4, 0.5) is 18.0 Å². The number of hydrogen-bond acceptors (Lipinski definition) is 5. The van der Waals surface area contributed by atoms with Gasteiger partial charge in [0.25, 0.3) is 9.84 Å². The lowest BCUT2D eigenvalue weighted by molar-refractivity contribution is -0.207. The van der Waals surface area contributed by atoms with Crippen molar-refractivity contribution in [3.8, 4) is 0 Å². The first-order valence-corrected chi connectivity index (χ1v) is 14.3. The lowest BCUT2D eigenvalue weighted by Crippen LogP contribution is -2.75. The quantitative estimate of drug-likeness (QED) is 0.657. The summed E-state index contributed by atoms with van der Waals surface area (Å²) in [6, 6.07) is 5.01. The molecule has 13 heteroatoms. The molecule has 3 saturated carbocycles. The first-order valence-electron chi connectivity index (χ1n) is 11.2. The van der Waals surface area contributed by atoms with E-state index in [4.69, 9.17) is 0 Å². The smallest absolute Gasteiger partial charge is 0.324 e. The molecular formula is C21H24F3N3O5S2. The number of carbonyl (C=O) groups is 1. The van der Waals surface area contributed by atoms with Gasteiger partial charge in [0.1, 0.15) is 0 Å². The maximum absolute atomic E-state index is 12.7. The topological polar surface area (TPSA) is 104 Å². The van der Waals surface area contributed by atoms with Gasteiger partial charge in [-0.2, -0.15) is 13.2 Å². The molecule has 2 amide bonds. The van der Waals surface area contributed by atoms with E-state index in [-0.39, 0.29) is 22.6 Å². The number of rotatable bonds is 3. The first kappa shape index (κ1) is 22.6. The lowest BCUT2D eigenvalue weighted by Gasteiger charge is -2.76. The molecule has 3 aliphatic carbocycles. The lowest BCUT2D eigenvalue weighted by atomic mass is 9.30. The van der Waals surface area contributed by atoms with Crippen LogP contribution in [0.3, 0.4) is 0 Å². The third-order valence-corrected chi connectivity index (χ3v) is 11.6. The SMILES string of the molecule is O=C(N1CC(C23CC(c4ccc(S(=O)(=O)C(F)(F)F)cc4)(C2)C3)C1)N1CC2(CCS(=O)(=O)N2)C1. The van der Waals surface area contributed by atoms with Gasteiger partial charge in [0, 0.05) is 26.2 Å². The van der Waals surface area contributed by atoms with Gasteiger partial charge in [-0.05, 0) is 60.1 Å². The molecule has 0 radical (unpaired) electrons. The predicted molar refractivity (Wildman–Crippen MR) is 114 cm³/mol. The summed E-state index contributed by atoms with van der Waals surface area (Å²) in [5.74, 6) is 0.481. The third kappa shape index (κ3) is 3.01. The van der Waals surface area contributed by atoms with E-state index in [9.17, 15) is 34.8 Å². The predicted octanol–water partition coefficient (Wildman–Crippen LogP) is 1.83. The van der Waals surface area contributed by atoms with Gasteiger partial charge in [0.2, 0.25) is 10.0 Å². The fraction of sp³-hybridized carbons (Fsp3) is 0.667. The van der Waals surface area contributed by atoms with Crippen molar-refractivity contribution in [2.75, 3.05) is 31.9 Å². The summed E-state index contributed by atoms with van der Waals surface area (Å²) in [5.41, 5.74) is -4.90. The van der Waals surface area contributed by atoms with Crippen LogP contribution in [0.15, 0.2) is 29.2 Å². The normalized spacial score (nSPS) is 33.6. The summed E-state index contributed by atoms with van der Waals surface area (Å²) in [6.07, 6.45) is 3.21. The van der Waals surface area contributed by atoms with Crippen molar-refractivity contribution in [3.63, 3.8) is 0 Å². The molecule has 0 atom stereocenters. The second-order valence-corrected chi connectivity index (χ2v) is 14.6. The number of carbonyl (C=O) groups excluding carboxylic acids is 1. The van der Waals surface area contributed by atoms with Crippen molar-refractivity contribution >= 4 is 25.9 Å². The Kier molecular flexibility index (Phi) is 4.30. The first-order chi connectivity index (χ1) is 15.7. The molecule has 1 N–H and O–H groups in total. The number of urea groups is 1. The molecule has 1 aromatic rings. The maximum Gasteiger partial charge on any atom is 0.501 e. The summed E-state index contributed by atoms with van der Waals surface area (Å²) in [6.45, 7) is 2.13. The van der Waals surface area contributed by atoms with Gasteiger partial charge in [-0.25, -0.2) is 26.4 Å². The second-order valence-electron chi connectivity index (χ2n) is 10.8. The third-order valence-electron chi connectivity index (χ3n) is 8.65. The Balaban J connectivity index is 1.02. The minimum atomic E-state index is -5.34. The summed E-state index contributed by atoms with van der Waals surface area (Å²) in [4.78, 5) is 15.5. The number of alkyl halides is 3. The molecule has 186 valence electrons. The minimum Gasteiger partial charge on any atom is -0.324 e. The number of nitrogens with one attached hydrogen (secondary N) is 1. The van der Waals surface area contributed by atoms with E-state index in [1.54, 1.807) is 9.80 Å². The van der Waals surface area contributed by atoms with Crippen molar-refractivity contribution in [1.29, 1.82) is 0 Å². The number of likely N-dealkylation sites (tertiary alicyclic amines) is 2. The highest BCUT2D eigenvalue weighted by Gasteiger charge is 2.72. The van der Waals surface area contributed by atoms with Crippen LogP contribution in [0.1, 0.15) is 31.2 Å². The standard InChI is InChI=1S/C21H24F3N3O5S2/c22-21(23,24)34(31,32)16-3-1-14(2-4-16)18-9-19(10-18,11-18)15-7-26(8-15)17(28)27-12-20(13-27)5-6-33(29,30)25-20/h1-4,15,25H,5-13H2. The van der Waals surface area contributed by atoms with E-state index < -0.39 is 35.8 Å². The van der Waals surface area contributed by atoms with Crippen LogP contribution in [0.5, 0.6) is 0 Å². The Morgan fingerprint density at radius 1 is 1.03 bits per heavy atom. The zero-order chi connectivity index (χ0) is 24.4. The Bertz CT molecular complexity index is 1260. The Hall–Kier alpha value is -1.86. The summed E-state index contributed by atoms with van der Waals surface area (Å²) >= 11 is 0. The second kappa shape index (κ2) is 6.47. The molecule has 0 aromatic heterocycles. The summed E-state index contributed by atoms with van der Waals surface area (Å²) in [7, 11) is -8.56. The number of amides is 2. The highest BCUT2D eigenvalue weighted by molar-refractivity contribution is 7.92. The van der Waals surface area contributed by atoms with Gasteiger partial charge >= 0.3 is 11.5 Å². The van der Waals surface area contributed by atoms with Crippen LogP contribution in [0.2, 0.25) is 0 Å². The average molecular weight is 520 g/mol. The number of sulfonamides is 1. The van der Waals surface area contributed by atoms with Crippen molar-refractivity contribution < 1.29 is 34.8 Å². The number of sulfone groups is 1. The molecule has 3 heterocycles. The monoisotopic (exact) mass is 519 g/mol. The van der Waals surface area contributed by atoms with Crippen molar-refractivity contribution in [3.05, 3.63) is 29.8 Å². The number of hydrogen-bond donors (Lipinski definition) is 1. The van der Waals surface area contributed by atoms with Gasteiger partial charge in [-0.1, -0.05) is 12.1 Å². The number of nitrogens with zero attached hydrogens (tertiary/aromatic N) is 2. The number of halogens is 3. The molecule has 7 rings (SSSR count). The zero-order valence-corrected chi connectivity index (χ0v) is 19.8. The van der Waals surface area contributed by atoms with Crippen molar-refractivity contribution in [1.82, 2.24) is 14.5 Å². The average Bonchev–Trinajstić information content (AvgIpc) is 2.95. The molecule has 1 aromatic carbocycles. The van der Waals surface area contributed by atoms with E-state index in [1.165, 1.54) is 12.1 Å². The fourth-order valence-corrected chi connectivity index (χ4v) is 9.17. The highest BCUT2D eigenvalue weighted by Crippen LogP contribution is 2.77. The van der Waals surface area contributed by atoms with Gasteiger partial charge in [-0.3, -0.25) is 0 Å². The van der Waals surface area contributed by atoms with Gasteiger partial charge in [0.15, 0.2) is 0 Å². The number of benzene rings is 1. The molecule has 3 aliphatic heterocycles. The highest BCUT2D eigenvalue weighted by atomic mass is 32.2. The van der Waals surface area contributed by atoms with Crippen LogP contribution in [-0.4, -0.2) is 75.6 Å². The van der Waals surface area contributed by atoms with Gasteiger partial charge < -0.3 is 9.80 Å². The largest absolute Gasteiger partial charge is 0.501 e. The molecule has 0 unspecified atom stereocenters. The minimum absolute atomic E-state index is 0.0595. The van der Waals surface area contributed by atoms with Crippen LogP contribution in [-0.2, 0) is 25.3 Å².